The van der Waals surface area contributed by atoms with E-state index >= 15 is 0 Å². The van der Waals surface area contributed by atoms with Gasteiger partial charge >= 0.3 is 23.1 Å². The van der Waals surface area contributed by atoms with E-state index in [0.29, 0.717) is 5.56 Å². The maximum atomic E-state index is 11.9. The molecule has 21 heavy (non-hydrogen) atoms. The minimum atomic E-state index is -1.02. The molecule has 0 atom stereocenters. The van der Waals surface area contributed by atoms with Gasteiger partial charge in [0, 0.05) is 19.7 Å². The van der Waals surface area contributed by atoms with E-state index in [1.54, 1.807) is 18.2 Å². The van der Waals surface area contributed by atoms with Crippen molar-refractivity contribution in [2.75, 3.05) is 0 Å². The largest absolute Gasteiger partial charge is 0.481 e. The minimum absolute atomic E-state index is 0.211. The van der Waals surface area contributed by atoms with E-state index in [-0.39, 0.29) is 18.1 Å². The third kappa shape index (κ3) is 2.99. The van der Waals surface area contributed by atoms with Gasteiger partial charge in [-0.3, -0.25) is 14.2 Å². The predicted octanol–water partition coefficient (Wildman–Crippen LogP) is -0.102. The molecule has 1 aromatic heterocycles. The summed E-state index contributed by atoms with van der Waals surface area (Å²) in [4.78, 5) is 34.3. The lowest BCUT2D eigenvalue weighted by Crippen LogP contribution is -2.38. The number of rotatable bonds is 4. The number of aromatic nitrogens is 3. The zero-order chi connectivity index (χ0) is 15.6. The zero-order valence-corrected chi connectivity index (χ0v) is 11.4. The Hall–Kier alpha value is -2.90. The third-order valence-electron chi connectivity index (χ3n) is 2.81. The molecule has 0 amide bonds. The Bertz CT molecular complexity index is 806. The fourth-order valence-electron chi connectivity index (χ4n) is 1.75. The van der Waals surface area contributed by atoms with Crippen LogP contribution in [-0.4, -0.2) is 25.4 Å². The van der Waals surface area contributed by atoms with E-state index in [1.807, 2.05) is 0 Å². The molecule has 1 aromatic carbocycles. The van der Waals surface area contributed by atoms with Gasteiger partial charge in [-0.15, -0.1) is 5.10 Å². The average Bonchev–Trinajstić information content (AvgIpc) is 2.44. The quantitative estimate of drug-likeness (QED) is 0.843. The molecule has 0 saturated carbocycles. The van der Waals surface area contributed by atoms with Crippen LogP contribution in [0.1, 0.15) is 5.56 Å². The number of carbonyl (C=O) groups is 1. The Morgan fingerprint density at radius 2 is 1.95 bits per heavy atom. The lowest BCUT2D eigenvalue weighted by molar-refractivity contribution is -0.136. The number of para-hydroxylation sites is 1. The molecular weight excluding hydrogens is 278 g/mol. The molecule has 0 saturated heterocycles. The van der Waals surface area contributed by atoms with Gasteiger partial charge in [-0.2, -0.15) is 0 Å². The van der Waals surface area contributed by atoms with Crippen molar-refractivity contribution in [1.82, 2.24) is 14.3 Å². The molecule has 0 spiro atoms. The van der Waals surface area contributed by atoms with Crippen LogP contribution in [0.4, 0.5) is 0 Å². The maximum Gasteiger partial charge on any atom is 0.347 e. The van der Waals surface area contributed by atoms with Crippen molar-refractivity contribution >= 4 is 5.97 Å². The summed E-state index contributed by atoms with van der Waals surface area (Å²) in [6.07, 6.45) is -0.248. The normalized spacial score (nSPS) is 10.4. The SMILES string of the molecule is Cn1nc(Oc2ccccc2CC(=O)O)c(=O)n(C)c1=O. The Labute approximate surface area is 118 Å². The van der Waals surface area contributed by atoms with Crippen LogP contribution in [0.5, 0.6) is 11.6 Å². The first-order chi connectivity index (χ1) is 9.90. The van der Waals surface area contributed by atoms with Crippen LogP contribution >= 0.6 is 0 Å². The molecule has 1 heterocycles. The fraction of sp³-hybridized carbons (Fsp3) is 0.231. The topological polar surface area (TPSA) is 103 Å². The van der Waals surface area contributed by atoms with E-state index in [2.05, 4.69) is 5.10 Å². The third-order valence-corrected chi connectivity index (χ3v) is 2.81. The summed E-state index contributed by atoms with van der Waals surface area (Å²) in [7, 11) is 2.69. The van der Waals surface area contributed by atoms with E-state index in [0.717, 1.165) is 9.25 Å². The van der Waals surface area contributed by atoms with Crippen LogP contribution < -0.4 is 16.0 Å². The molecule has 1 N–H and O–H groups in total. The summed E-state index contributed by atoms with van der Waals surface area (Å²) in [5, 5.41) is 12.6. The van der Waals surface area contributed by atoms with Crippen molar-refractivity contribution in [3.05, 3.63) is 50.7 Å². The number of aryl methyl sites for hydroxylation is 1. The Kier molecular flexibility index (Phi) is 3.88. The van der Waals surface area contributed by atoms with Gasteiger partial charge in [0.05, 0.1) is 6.42 Å². The Morgan fingerprint density at radius 1 is 1.29 bits per heavy atom. The second-order valence-electron chi connectivity index (χ2n) is 4.36. The Balaban J connectivity index is 2.47. The number of aliphatic carboxylic acids is 1. The number of hydrogen-bond acceptors (Lipinski definition) is 5. The highest BCUT2D eigenvalue weighted by Crippen LogP contribution is 2.22. The summed E-state index contributed by atoms with van der Waals surface area (Å²) in [6.45, 7) is 0. The molecule has 2 aromatic rings. The van der Waals surface area contributed by atoms with Gasteiger partial charge in [-0.05, 0) is 6.07 Å². The second-order valence-corrected chi connectivity index (χ2v) is 4.36. The lowest BCUT2D eigenvalue weighted by Gasteiger charge is -2.10. The smallest absolute Gasteiger partial charge is 0.347 e. The molecule has 0 aliphatic heterocycles. The molecule has 8 nitrogen and oxygen atoms in total. The van der Waals surface area contributed by atoms with Crippen LogP contribution in [0.3, 0.4) is 0 Å². The molecule has 0 radical (unpaired) electrons. The molecule has 0 aliphatic rings. The molecule has 8 heteroatoms. The van der Waals surface area contributed by atoms with Gasteiger partial charge in [0.25, 0.3) is 0 Å². The average molecular weight is 291 g/mol. The van der Waals surface area contributed by atoms with Crippen LogP contribution in [0.25, 0.3) is 0 Å². The van der Waals surface area contributed by atoms with E-state index in [4.69, 9.17) is 9.84 Å². The molecule has 110 valence electrons. The highest BCUT2D eigenvalue weighted by atomic mass is 16.5. The standard InChI is InChI=1S/C13H13N3O5/c1-15-12(19)11(14-16(2)13(15)20)21-9-6-4-3-5-8(9)7-10(17)18/h3-6H,7H2,1-2H3,(H,17,18). The lowest BCUT2D eigenvalue weighted by atomic mass is 10.1. The van der Waals surface area contributed by atoms with Crippen LogP contribution in [-0.2, 0) is 25.3 Å². The van der Waals surface area contributed by atoms with Crippen LogP contribution in [0, 0.1) is 0 Å². The van der Waals surface area contributed by atoms with Crippen LogP contribution in [0.2, 0.25) is 0 Å². The Morgan fingerprint density at radius 3 is 2.62 bits per heavy atom. The number of carboxylic acid groups (broad SMARTS) is 1. The number of hydrogen-bond donors (Lipinski definition) is 1. The number of ether oxygens (including phenoxy) is 1. The van der Waals surface area contributed by atoms with Gasteiger partial charge in [-0.1, -0.05) is 18.2 Å². The molecule has 0 aliphatic carbocycles. The van der Waals surface area contributed by atoms with E-state index < -0.39 is 17.2 Å². The van der Waals surface area contributed by atoms with Crippen molar-refractivity contribution in [1.29, 1.82) is 0 Å². The first-order valence-electron chi connectivity index (χ1n) is 6.02. The van der Waals surface area contributed by atoms with Crippen LogP contribution in [0.15, 0.2) is 33.9 Å². The molecule has 0 bridgehead atoms. The van der Waals surface area contributed by atoms with Gasteiger partial charge in [-0.25, -0.2) is 9.48 Å². The van der Waals surface area contributed by atoms with Gasteiger partial charge in [0.15, 0.2) is 0 Å². The van der Waals surface area contributed by atoms with E-state index in [1.165, 1.54) is 20.2 Å². The predicted molar refractivity (Wildman–Crippen MR) is 72.6 cm³/mol. The zero-order valence-electron chi connectivity index (χ0n) is 11.4. The second kappa shape index (κ2) is 5.61. The van der Waals surface area contributed by atoms with Crippen molar-refractivity contribution in [2.45, 2.75) is 6.42 Å². The first kappa shape index (κ1) is 14.5. The van der Waals surface area contributed by atoms with Crippen molar-refractivity contribution in [3.63, 3.8) is 0 Å². The maximum absolute atomic E-state index is 11.9. The number of benzene rings is 1. The van der Waals surface area contributed by atoms with Crippen molar-refractivity contribution in [2.24, 2.45) is 14.1 Å². The fourth-order valence-corrected chi connectivity index (χ4v) is 1.75. The van der Waals surface area contributed by atoms with E-state index in [9.17, 15) is 14.4 Å². The summed E-state index contributed by atoms with van der Waals surface area (Å²) < 4.78 is 7.22. The van der Waals surface area contributed by atoms with Gasteiger partial charge < -0.3 is 9.84 Å². The van der Waals surface area contributed by atoms with Crippen molar-refractivity contribution < 1.29 is 14.6 Å². The summed E-state index contributed by atoms with van der Waals surface area (Å²) in [5.74, 6) is -1.10. The molecule has 0 fully saturated rings. The molecule has 0 unspecified atom stereocenters. The summed E-state index contributed by atoms with van der Waals surface area (Å²) in [5.41, 5.74) is -0.864. The summed E-state index contributed by atoms with van der Waals surface area (Å²) in [6, 6.07) is 6.42. The number of carboxylic acids is 1. The van der Waals surface area contributed by atoms with Gasteiger partial charge in [0.2, 0.25) is 0 Å². The molecule has 2 rings (SSSR count). The van der Waals surface area contributed by atoms with Crippen molar-refractivity contribution in [3.8, 4) is 11.6 Å². The monoisotopic (exact) mass is 291 g/mol. The minimum Gasteiger partial charge on any atom is -0.481 e. The molecular formula is C13H13N3O5. The highest BCUT2D eigenvalue weighted by molar-refractivity contribution is 5.71. The summed E-state index contributed by atoms with van der Waals surface area (Å²) >= 11 is 0. The first-order valence-corrected chi connectivity index (χ1v) is 6.02. The van der Waals surface area contributed by atoms with Gasteiger partial charge in [0.1, 0.15) is 5.75 Å². The number of nitrogens with zero attached hydrogens (tertiary/aromatic N) is 3. The highest BCUT2D eigenvalue weighted by Gasteiger charge is 2.14.